The van der Waals surface area contributed by atoms with Crippen LogP contribution in [0, 0.1) is 5.92 Å². The molecular weight excluding hydrogens is 272 g/mol. The van der Waals surface area contributed by atoms with Crippen LogP contribution in [-0.4, -0.2) is 29.4 Å². The molecule has 0 heterocycles. The SMILES string of the molecule is CCCC(CNC(=O)Nc1cccc(C(C)=O)c1)C(=O)O. The van der Waals surface area contributed by atoms with E-state index in [0.29, 0.717) is 17.7 Å². The molecule has 0 fully saturated rings. The minimum atomic E-state index is -0.921. The van der Waals surface area contributed by atoms with Crippen LogP contribution in [0.1, 0.15) is 37.0 Å². The van der Waals surface area contributed by atoms with Crippen molar-refractivity contribution in [3.05, 3.63) is 29.8 Å². The number of urea groups is 1. The van der Waals surface area contributed by atoms with Gasteiger partial charge in [0, 0.05) is 17.8 Å². The summed E-state index contributed by atoms with van der Waals surface area (Å²) in [5.74, 6) is -1.60. The number of hydrogen-bond acceptors (Lipinski definition) is 3. The van der Waals surface area contributed by atoms with Crippen LogP contribution in [-0.2, 0) is 4.79 Å². The van der Waals surface area contributed by atoms with Crippen molar-refractivity contribution in [1.29, 1.82) is 0 Å². The van der Waals surface area contributed by atoms with E-state index < -0.39 is 17.9 Å². The Morgan fingerprint density at radius 2 is 2.00 bits per heavy atom. The first-order chi connectivity index (χ1) is 9.93. The molecule has 1 rings (SSSR count). The van der Waals surface area contributed by atoms with Crippen LogP contribution >= 0.6 is 0 Å². The predicted molar refractivity (Wildman–Crippen MR) is 79.5 cm³/mol. The standard InChI is InChI=1S/C15H20N2O4/c1-3-5-12(14(19)20)9-16-15(21)17-13-7-4-6-11(8-13)10(2)18/h4,6-8,12H,3,5,9H2,1-2H3,(H,19,20)(H2,16,17,21). The number of Topliss-reactive ketones (excluding diaryl/α,β-unsaturated/α-hetero) is 1. The number of carbonyl (C=O) groups excluding carboxylic acids is 2. The van der Waals surface area contributed by atoms with E-state index in [0.717, 1.165) is 6.42 Å². The van der Waals surface area contributed by atoms with Gasteiger partial charge in [-0.15, -0.1) is 0 Å². The first-order valence-corrected chi connectivity index (χ1v) is 6.82. The average Bonchev–Trinajstić information content (AvgIpc) is 2.43. The van der Waals surface area contributed by atoms with Gasteiger partial charge >= 0.3 is 12.0 Å². The number of ketones is 1. The summed E-state index contributed by atoms with van der Waals surface area (Å²) in [6.45, 7) is 3.41. The highest BCUT2D eigenvalue weighted by Crippen LogP contribution is 2.11. The van der Waals surface area contributed by atoms with Crippen LogP contribution < -0.4 is 10.6 Å². The van der Waals surface area contributed by atoms with E-state index in [2.05, 4.69) is 10.6 Å². The van der Waals surface area contributed by atoms with Crippen molar-refractivity contribution in [2.45, 2.75) is 26.7 Å². The molecule has 1 aromatic carbocycles. The number of aliphatic carboxylic acids is 1. The van der Waals surface area contributed by atoms with Gasteiger partial charge in [-0.2, -0.15) is 0 Å². The van der Waals surface area contributed by atoms with Crippen molar-refractivity contribution < 1.29 is 19.5 Å². The van der Waals surface area contributed by atoms with Crippen LogP contribution in [0.15, 0.2) is 24.3 Å². The van der Waals surface area contributed by atoms with E-state index in [1.807, 2.05) is 6.92 Å². The zero-order chi connectivity index (χ0) is 15.8. The molecule has 114 valence electrons. The molecule has 6 heteroatoms. The normalized spacial score (nSPS) is 11.5. The molecule has 1 unspecified atom stereocenters. The van der Waals surface area contributed by atoms with Crippen molar-refractivity contribution in [2.75, 3.05) is 11.9 Å². The fourth-order valence-corrected chi connectivity index (χ4v) is 1.87. The molecule has 21 heavy (non-hydrogen) atoms. The summed E-state index contributed by atoms with van der Waals surface area (Å²) in [6.07, 6.45) is 1.25. The highest BCUT2D eigenvalue weighted by molar-refractivity contribution is 5.96. The van der Waals surface area contributed by atoms with E-state index in [-0.39, 0.29) is 12.3 Å². The predicted octanol–water partition coefficient (Wildman–Crippen LogP) is 2.51. The lowest BCUT2D eigenvalue weighted by Gasteiger charge is -2.13. The molecule has 0 radical (unpaired) electrons. The fraction of sp³-hybridized carbons (Fsp3) is 0.400. The van der Waals surface area contributed by atoms with Gasteiger partial charge < -0.3 is 15.7 Å². The molecule has 0 saturated carbocycles. The Balaban J connectivity index is 2.55. The molecule has 2 amide bonds. The Bertz CT molecular complexity index is 528. The largest absolute Gasteiger partial charge is 0.481 e. The van der Waals surface area contributed by atoms with Gasteiger partial charge in [0.25, 0.3) is 0 Å². The zero-order valence-electron chi connectivity index (χ0n) is 12.2. The maximum Gasteiger partial charge on any atom is 0.319 e. The van der Waals surface area contributed by atoms with Gasteiger partial charge in [-0.25, -0.2) is 4.79 Å². The van der Waals surface area contributed by atoms with Crippen molar-refractivity contribution in [3.63, 3.8) is 0 Å². The topological polar surface area (TPSA) is 95.5 Å². The summed E-state index contributed by atoms with van der Waals surface area (Å²) in [5.41, 5.74) is 0.991. The third-order valence-corrected chi connectivity index (χ3v) is 3.02. The van der Waals surface area contributed by atoms with Gasteiger partial charge in [0.1, 0.15) is 0 Å². The van der Waals surface area contributed by atoms with Gasteiger partial charge in [-0.1, -0.05) is 25.5 Å². The summed E-state index contributed by atoms with van der Waals surface area (Å²) in [7, 11) is 0. The number of rotatable bonds is 7. The molecule has 0 aliphatic carbocycles. The van der Waals surface area contributed by atoms with Gasteiger partial charge in [0.15, 0.2) is 5.78 Å². The first kappa shape index (κ1) is 16.7. The lowest BCUT2D eigenvalue weighted by Crippen LogP contribution is -2.35. The molecule has 0 aliphatic heterocycles. The molecule has 0 spiro atoms. The van der Waals surface area contributed by atoms with E-state index in [1.165, 1.54) is 6.92 Å². The second-order valence-electron chi connectivity index (χ2n) is 4.80. The molecular formula is C15H20N2O4. The molecule has 3 N–H and O–H groups in total. The zero-order valence-corrected chi connectivity index (χ0v) is 12.2. The van der Waals surface area contributed by atoms with Gasteiger partial charge in [-0.3, -0.25) is 9.59 Å². The van der Waals surface area contributed by atoms with Crippen LogP contribution in [0.3, 0.4) is 0 Å². The lowest BCUT2D eigenvalue weighted by atomic mass is 10.0. The summed E-state index contributed by atoms with van der Waals surface area (Å²) in [5, 5.41) is 14.1. The summed E-state index contributed by atoms with van der Waals surface area (Å²) >= 11 is 0. The van der Waals surface area contributed by atoms with Crippen LogP contribution in [0.4, 0.5) is 10.5 Å². The molecule has 6 nitrogen and oxygen atoms in total. The van der Waals surface area contributed by atoms with E-state index in [4.69, 9.17) is 5.11 Å². The van der Waals surface area contributed by atoms with E-state index >= 15 is 0 Å². The Kier molecular flexibility index (Phi) is 6.39. The quantitative estimate of drug-likeness (QED) is 0.673. The molecule has 0 bridgehead atoms. The third-order valence-electron chi connectivity index (χ3n) is 3.02. The number of amides is 2. The number of carboxylic acid groups (broad SMARTS) is 1. The van der Waals surface area contributed by atoms with Crippen LogP contribution in [0.5, 0.6) is 0 Å². The monoisotopic (exact) mass is 292 g/mol. The van der Waals surface area contributed by atoms with Gasteiger partial charge in [-0.05, 0) is 25.5 Å². The lowest BCUT2D eigenvalue weighted by molar-refractivity contribution is -0.141. The Morgan fingerprint density at radius 1 is 1.29 bits per heavy atom. The molecule has 0 aliphatic rings. The Morgan fingerprint density at radius 3 is 2.57 bits per heavy atom. The van der Waals surface area contributed by atoms with Crippen LogP contribution in [0.25, 0.3) is 0 Å². The summed E-state index contributed by atoms with van der Waals surface area (Å²) < 4.78 is 0. The maximum atomic E-state index is 11.7. The van der Waals surface area contributed by atoms with Crippen molar-refractivity contribution >= 4 is 23.5 Å². The summed E-state index contributed by atoms with van der Waals surface area (Å²) in [6, 6.07) is 6.07. The highest BCUT2D eigenvalue weighted by Gasteiger charge is 2.17. The minimum Gasteiger partial charge on any atom is -0.481 e. The number of carboxylic acids is 1. The van der Waals surface area contributed by atoms with E-state index in [9.17, 15) is 14.4 Å². The van der Waals surface area contributed by atoms with Crippen LogP contribution in [0.2, 0.25) is 0 Å². The van der Waals surface area contributed by atoms with Crippen molar-refractivity contribution in [3.8, 4) is 0 Å². The number of nitrogens with one attached hydrogen (secondary N) is 2. The van der Waals surface area contributed by atoms with E-state index in [1.54, 1.807) is 24.3 Å². The number of benzene rings is 1. The molecule has 1 aromatic rings. The van der Waals surface area contributed by atoms with Gasteiger partial charge in [0.2, 0.25) is 0 Å². The second kappa shape index (κ2) is 8.04. The number of carbonyl (C=O) groups is 3. The highest BCUT2D eigenvalue weighted by atomic mass is 16.4. The minimum absolute atomic E-state index is 0.0708. The first-order valence-electron chi connectivity index (χ1n) is 6.82. The summed E-state index contributed by atoms with van der Waals surface area (Å²) in [4.78, 5) is 33.9. The average molecular weight is 292 g/mol. The maximum absolute atomic E-state index is 11.7. The fourth-order valence-electron chi connectivity index (χ4n) is 1.87. The molecule has 1 atom stereocenters. The van der Waals surface area contributed by atoms with Crippen molar-refractivity contribution in [1.82, 2.24) is 5.32 Å². The number of anilines is 1. The van der Waals surface area contributed by atoms with Crippen molar-refractivity contribution in [2.24, 2.45) is 5.92 Å². The third kappa shape index (κ3) is 5.64. The smallest absolute Gasteiger partial charge is 0.319 e. The molecule has 0 saturated heterocycles. The number of hydrogen-bond donors (Lipinski definition) is 3. The Hall–Kier alpha value is -2.37. The Labute approximate surface area is 123 Å². The second-order valence-corrected chi connectivity index (χ2v) is 4.80. The molecule has 0 aromatic heterocycles. The van der Waals surface area contributed by atoms with Gasteiger partial charge in [0.05, 0.1) is 5.92 Å².